The van der Waals surface area contributed by atoms with Gasteiger partial charge in [0.1, 0.15) is 0 Å². The molecule has 0 spiro atoms. The summed E-state index contributed by atoms with van der Waals surface area (Å²) < 4.78 is 2.33. The Morgan fingerprint density at radius 1 is 1.38 bits per heavy atom. The van der Waals surface area contributed by atoms with Gasteiger partial charge in [-0.3, -0.25) is 0 Å². The molecule has 1 N–H and O–H groups in total. The molecule has 0 bridgehead atoms. The van der Waals surface area contributed by atoms with E-state index in [4.69, 9.17) is 0 Å². The number of rotatable bonds is 4. The molecule has 1 aliphatic rings. The van der Waals surface area contributed by atoms with Gasteiger partial charge in [-0.2, -0.15) is 0 Å². The first kappa shape index (κ1) is 11.5. The molecule has 0 aromatic carbocycles. The SMILES string of the molecule is CCCNc1nccn1C1CCC(C)CC1. The summed E-state index contributed by atoms with van der Waals surface area (Å²) in [5.41, 5.74) is 0. The number of imidazole rings is 1. The van der Waals surface area contributed by atoms with Crippen molar-refractivity contribution in [3.8, 4) is 0 Å². The zero-order valence-corrected chi connectivity index (χ0v) is 10.4. The predicted molar refractivity (Wildman–Crippen MR) is 67.7 cm³/mol. The van der Waals surface area contributed by atoms with E-state index in [2.05, 4.69) is 34.9 Å². The summed E-state index contributed by atoms with van der Waals surface area (Å²) in [6.07, 6.45) is 10.5. The van der Waals surface area contributed by atoms with Gasteiger partial charge in [0, 0.05) is 25.0 Å². The molecule has 90 valence electrons. The lowest BCUT2D eigenvalue weighted by Gasteiger charge is -2.28. The van der Waals surface area contributed by atoms with Crippen molar-refractivity contribution >= 4 is 5.95 Å². The number of hydrogen-bond acceptors (Lipinski definition) is 2. The molecular formula is C13H23N3. The second-order valence-electron chi connectivity index (χ2n) is 5.00. The standard InChI is InChI=1S/C13H23N3/c1-3-8-14-13-15-9-10-16(13)12-6-4-11(2)5-7-12/h9-12H,3-8H2,1-2H3,(H,14,15). The van der Waals surface area contributed by atoms with Crippen molar-refractivity contribution in [1.29, 1.82) is 0 Å². The van der Waals surface area contributed by atoms with Crippen LogP contribution in [0.2, 0.25) is 0 Å². The number of aromatic nitrogens is 2. The molecule has 1 fully saturated rings. The molecule has 1 aromatic rings. The van der Waals surface area contributed by atoms with Crippen molar-refractivity contribution in [3.05, 3.63) is 12.4 Å². The van der Waals surface area contributed by atoms with Gasteiger partial charge in [0.2, 0.25) is 5.95 Å². The van der Waals surface area contributed by atoms with Crippen LogP contribution in [0.5, 0.6) is 0 Å². The maximum absolute atomic E-state index is 4.40. The van der Waals surface area contributed by atoms with Gasteiger partial charge in [-0.25, -0.2) is 4.98 Å². The van der Waals surface area contributed by atoms with Gasteiger partial charge in [0.05, 0.1) is 0 Å². The van der Waals surface area contributed by atoms with Crippen LogP contribution in [-0.2, 0) is 0 Å². The monoisotopic (exact) mass is 221 g/mol. The first-order valence-electron chi connectivity index (χ1n) is 6.58. The first-order chi connectivity index (χ1) is 7.81. The third-order valence-corrected chi connectivity index (χ3v) is 3.58. The van der Waals surface area contributed by atoms with E-state index in [9.17, 15) is 0 Å². The molecule has 1 saturated carbocycles. The molecule has 0 radical (unpaired) electrons. The van der Waals surface area contributed by atoms with Crippen molar-refractivity contribution in [2.45, 2.75) is 52.0 Å². The maximum Gasteiger partial charge on any atom is 0.203 e. The van der Waals surface area contributed by atoms with E-state index >= 15 is 0 Å². The zero-order valence-electron chi connectivity index (χ0n) is 10.4. The Morgan fingerprint density at radius 3 is 2.81 bits per heavy atom. The molecule has 1 aliphatic carbocycles. The molecule has 3 nitrogen and oxygen atoms in total. The van der Waals surface area contributed by atoms with E-state index in [0.717, 1.165) is 24.8 Å². The fraction of sp³-hybridized carbons (Fsp3) is 0.769. The van der Waals surface area contributed by atoms with Crippen LogP contribution in [-0.4, -0.2) is 16.1 Å². The van der Waals surface area contributed by atoms with Crippen LogP contribution < -0.4 is 5.32 Å². The smallest absolute Gasteiger partial charge is 0.203 e. The average molecular weight is 221 g/mol. The lowest BCUT2D eigenvalue weighted by Crippen LogP contribution is -2.18. The van der Waals surface area contributed by atoms with Gasteiger partial charge in [-0.05, 0) is 38.0 Å². The molecule has 0 atom stereocenters. The third-order valence-electron chi connectivity index (χ3n) is 3.58. The molecular weight excluding hydrogens is 198 g/mol. The molecule has 1 aromatic heterocycles. The van der Waals surface area contributed by atoms with Gasteiger partial charge in [-0.1, -0.05) is 13.8 Å². The highest BCUT2D eigenvalue weighted by molar-refractivity contribution is 5.26. The van der Waals surface area contributed by atoms with Crippen LogP contribution in [0, 0.1) is 5.92 Å². The maximum atomic E-state index is 4.40. The molecule has 0 amide bonds. The van der Waals surface area contributed by atoms with Crippen LogP contribution in [0.1, 0.15) is 52.0 Å². The highest BCUT2D eigenvalue weighted by Crippen LogP contribution is 2.33. The normalized spacial score (nSPS) is 25.6. The molecule has 2 rings (SSSR count). The van der Waals surface area contributed by atoms with Crippen molar-refractivity contribution in [1.82, 2.24) is 9.55 Å². The van der Waals surface area contributed by atoms with Gasteiger partial charge in [-0.15, -0.1) is 0 Å². The second-order valence-corrected chi connectivity index (χ2v) is 5.00. The summed E-state index contributed by atoms with van der Waals surface area (Å²) in [6.45, 7) is 5.56. The summed E-state index contributed by atoms with van der Waals surface area (Å²) in [5, 5.41) is 3.40. The van der Waals surface area contributed by atoms with E-state index in [-0.39, 0.29) is 0 Å². The molecule has 0 aliphatic heterocycles. The van der Waals surface area contributed by atoms with E-state index in [0.29, 0.717) is 6.04 Å². The van der Waals surface area contributed by atoms with Crippen LogP contribution >= 0.6 is 0 Å². The van der Waals surface area contributed by atoms with Crippen LogP contribution in [0.25, 0.3) is 0 Å². The largest absolute Gasteiger partial charge is 0.356 e. The van der Waals surface area contributed by atoms with Gasteiger partial charge >= 0.3 is 0 Å². The van der Waals surface area contributed by atoms with E-state index in [1.54, 1.807) is 0 Å². The Hall–Kier alpha value is -0.990. The van der Waals surface area contributed by atoms with Crippen molar-refractivity contribution < 1.29 is 0 Å². The Balaban J connectivity index is 1.99. The Morgan fingerprint density at radius 2 is 2.12 bits per heavy atom. The summed E-state index contributed by atoms with van der Waals surface area (Å²) in [7, 11) is 0. The fourth-order valence-electron chi connectivity index (χ4n) is 2.50. The molecule has 0 unspecified atom stereocenters. The quantitative estimate of drug-likeness (QED) is 0.844. The summed E-state index contributed by atoms with van der Waals surface area (Å²) in [4.78, 5) is 4.40. The van der Waals surface area contributed by atoms with Gasteiger partial charge < -0.3 is 9.88 Å². The Labute approximate surface area is 98.3 Å². The zero-order chi connectivity index (χ0) is 11.4. The highest BCUT2D eigenvalue weighted by atomic mass is 15.2. The van der Waals surface area contributed by atoms with Crippen LogP contribution in [0.15, 0.2) is 12.4 Å². The van der Waals surface area contributed by atoms with Crippen molar-refractivity contribution in [2.24, 2.45) is 5.92 Å². The molecule has 3 heteroatoms. The van der Waals surface area contributed by atoms with Gasteiger partial charge in [0.25, 0.3) is 0 Å². The minimum Gasteiger partial charge on any atom is -0.356 e. The van der Waals surface area contributed by atoms with E-state index in [1.807, 2.05) is 6.20 Å². The topological polar surface area (TPSA) is 29.9 Å². The average Bonchev–Trinajstić information content (AvgIpc) is 2.75. The molecule has 0 saturated heterocycles. The van der Waals surface area contributed by atoms with Crippen molar-refractivity contribution in [3.63, 3.8) is 0 Å². The van der Waals surface area contributed by atoms with Crippen LogP contribution in [0.4, 0.5) is 5.95 Å². The Kier molecular flexibility index (Phi) is 3.86. The van der Waals surface area contributed by atoms with Gasteiger partial charge in [0.15, 0.2) is 0 Å². The van der Waals surface area contributed by atoms with Crippen LogP contribution in [0.3, 0.4) is 0 Å². The lowest BCUT2D eigenvalue weighted by atomic mass is 9.87. The number of nitrogens with zero attached hydrogens (tertiary/aromatic N) is 2. The number of nitrogens with one attached hydrogen (secondary N) is 1. The minimum atomic E-state index is 0.665. The third kappa shape index (κ3) is 2.57. The summed E-state index contributed by atoms with van der Waals surface area (Å²) in [5.74, 6) is 1.97. The van der Waals surface area contributed by atoms with E-state index < -0.39 is 0 Å². The number of hydrogen-bond donors (Lipinski definition) is 1. The second kappa shape index (κ2) is 5.37. The molecule has 1 heterocycles. The van der Waals surface area contributed by atoms with Crippen molar-refractivity contribution in [2.75, 3.05) is 11.9 Å². The first-order valence-corrected chi connectivity index (χ1v) is 6.58. The fourth-order valence-corrected chi connectivity index (χ4v) is 2.50. The summed E-state index contributed by atoms with van der Waals surface area (Å²) >= 11 is 0. The lowest BCUT2D eigenvalue weighted by molar-refractivity contribution is 0.291. The highest BCUT2D eigenvalue weighted by Gasteiger charge is 2.20. The minimum absolute atomic E-state index is 0.665. The Bertz CT molecular complexity index is 311. The van der Waals surface area contributed by atoms with E-state index in [1.165, 1.54) is 25.7 Å². The molecule has 16 heavy (non-hydrogen) atoms. The predicted octanol–water partition coefficient (Wildman–Crippen LogP) is 3.46. The summed E-state index contributed by atoms with van der Waals surface area (Å²) in [6, 6.07) is 0.665. The number of anilines is 1.